The van der Waals surface area contributed by atoms with Crippen LogP contribution in [-0.2, 0) is 11.3 Å². The molecule has 8 heteroatoms. The van der Waals surface area contributed by atoms with Crippen molar-refractivity contribution in [1.82, 2.24) is 19.7 Å². The second-order valence-corrected chi connectivity index (χ2v) is 7.78. The summed E-state index contributed by atoms with van der Waals surface area (Å²) >= 11 is 7.45. The third-order valence-corrected chi connectivity index (χ3v) is 5.62. The Morgan fingerprint density at radius 2 is 1.70 bits per heavy atom. The van der Waals surface area contributed by atoms with E-state index < -0.39 is 0 Å². The molecule has 2 aromatic carbocycles. The van der Waals surface area contributed by atoms with Crippen molar-refractivity contribution >= 4 is 35.0 Å². The minimum atomic E-state index is -0.159. The molecule has 0 atom stereocenters. The van der Waals surface area contributed by atoms with Crippen molar-refractivity contribution in [3.05, 3.63) is 89.7 Å². The van der Waals surface area contributed by atoms with Crippen LogP contribution in [0.3, 0.4) is 0 Å². The molecular weight excluding hydrogens is 418 g/mol. The Kier molecular flexibility index (Phi) is 6.41. The van der Waals surface area contributed by atoms with E-state index in [2.05, 4.69) is 32.6 Å². The lowest BCUT2D eigenvalue weighted by molar-refractivity contribution is -0.113. The topological polar surface area (TPSA) is 72.7 Å². The van der Waals surface area contributed by atoms with E-state index in [1.807, 2.05) is 47.0 Å². The monoisotopic (exact) mass is 435 g/mol. The first kappa shape index (κ1) is 20.1. The van der Waals surface area contributed by atoms with Gasteiger partial charge in [-0.2, -0.15) is 0 Å². The molecule has 0 spiro atoms. The Hall–Kier alpha value is -3.16. The first-order valence-corrected chi connectivity index (χ1v) is 10.6. The molecule has 0 saturated carbocycles. The number of halogens is 1. The molecule has 0 aliphatic carbocycles. The summed E-state index contributed by atoms with van der Waals surface area (Å²) in [7, 11) is 0. The van der Waals surface area contributed by atoms with E-state index >= 15 is 0 Å². The SMILES string of the molecule is O=C(CSc1nnc(-c2ccncc2)n1Cc1ccccc1)Nc1ccccc1Cl. The number of thioether (sulfide) groups is 1. The van der Waals surface area contributed by atoms with Crippen LogP contribution in [0.5, 0.6) is 0 Å². The minimum absolute atomic E-state index is 0.159. The number of carbonyl (C=O) groups is 1. The van der Waals surface area contributed by atoms with Crippen LogP contribution in [0.4, 0.5) is 5.69 Å². The lowest BCUT2D eigenvalue weighted by Crippen LogP contribution is -2.15. The van der Waals surface area contributed by atoms with Gasteiger partial charge in [-0.25, -0.2) is 0 Å². The number of para-hydroxylation sites is 1. The number of nitrogens with zero attached hydrogens (tertiary/aromatic N) is 4. The summed E-state index contributed by atoms with van der Waals surface area (Å²) in [6.45, 7) is 0.597. The zero-order valence-electron chi connectivity index (χ0n) is 15.9. The molecule has 0 saturated heterocycles. The molecule has 30 heavy (non-hydrogen) atoms. The summed E-state index contributed by atoms with van der Waals surface area (Å²) in [5.41, 5.74) is 2.63. The highest BCUT2D eigenvalue weighted by molar-refractivity contribution is 7.99. The fourth-order valence-corrected chi connectivity index (χ4v) is 3.82. The van der Waals surface area contributed by atoms with Crippen LogP contribution in [0.25, 0.3) is 11.4 Å². The van der Waals surface area contributed by atoms with Crippen molar-refractivity contribution in [3.63, 3.8) is 0 Å². The van der Waals surface area contributed by atoms with Crippen LogP contribution in [0.15, 0.2) is 84.3 Å². The average Bonchev–Trinajstić information content (AvgIpc) is 3.17. The van der Waals surface area contributed by atoms with Crippen LogP contribution < -0.4 is 5.32 Å². The average molecular weight is 436 g/mol. The number of aromatic nitrogens is 4. The van der Waals surface area contributed by atoms with E-state index in [0.29, 0.717) is 22.4 Å². The minimum Gasteiger partial charge on any atom is -0.324 e. The number of amides is 1. The second kappa shape index (κ2) is 9.56. The molecule has 4 aromatic rings. The molecule has 0 aliphatic rings. The standard InChI is InChI=1S/C22H18ClN5OS/c23-18-8-4-5-9-19(18)25-20(29)15-30-22-27-26-21(17-10-12-24-13-11-17)28(22)14-16-6-2-1-3-7-16/h1-13H,14-15H2,(H,25,29). The van der Waals surface area contributed by atoms with Crippen molar-refractivity contribution in [2.45, 2.75) is 11.7 Å². The van der Waals surface area contributed by atoms with Gasteiger partial charge in [0.2, 0.25) is 5.91 Å². The van der Waals surface area contributed by atoms with Gasteiger partial charge < -0.3 is 5.32 Å². The van der Waals surface area contributed by atoms with Gasteiger partial charge in [0, 0.05) is 18.0 Å². The molecule has 0 bridgehead atoms. The fourth-order valence-electron chi connectivity index (χ4n) is 2.90. The predicted molar refractivity (Wildman–Crippen MR) is 120 cm³/mol. The lowest BCUT2D eigenvalue weighted by Gasteiger charge is -2.11. The highest BCUT2D eigenvalue weighted by Gasteiger charge is 2.16. The lowest BCUT2D eigenvalue weighted by atomic mass is 10.2. The largest absolute Gasteiger partial charge is 0.324 e. The molecule has 0 fully saturated rings. The zero-order chi connectivity index (χ0) is 20.8. The summed E-state index contributed by atoms with van der Waals surface area (Å²) in [5, 5.41) is 12.7. The van der Waals surface area contributed by atoms with Crippen LogP contribution in [0.2, 0.25) is 5.02 Å². The molecule has 4 rings (SSSR count). The number of rotatable bonds is 7. The molecule has 0 unspecified atom stereocenters. The van der Waals surface area contributed by atoms with Gasteiger partial charge in [0.15, 0.2) is 11.0 Å². The smallest absolute Gasteiger partial charge is 0.234 e. The Balaban J connectivity index is 1.54. The van der Waals surface area contributed by atoms with Crippen LogP contribution in [0.1, 0.15) is 5.56 Å². The number of hydrogen-bond donors (Lipinski definition) is 1. The highest BCUT2D eigenvalue weighted by Crippen LogP contribution is 2.26. The number of pyridine rings is 1. The zero-order valence-corrected chi connectivity index (χ0v) is 17.5. The maximum absolute atomic E-state index is 12.4. The Morgan fingerprint density at radius 3 is 2.47 bits per heavy atom. The molecule has 2 aromatic heterocycles. The molecule has 1 amide bonds. The fraction of sp³-hybridized carbons (Fsp3) is 0.0909. The van der Waals surface area contributed by atoms with Crippen molar-refractivity contribution in [2.24, 2.45) is 0 Å². The Labute approximate surface area is 183 Å². The second-order valence-electron chi connectivity index (χ2n) is 6.43. The first-order valence-electron chi connectivity index (χ1n) is 9.25. The van der Waals surface area contributed by atoms with Gasteiger partial charge in [0.05, 0.1) is 23.0 Å². The van der Waals surface area contributed by atoms with Gasteiger partial charge >= 0.3 is 0 Å². The van der Waals surface area contributed by atoms with E-state index in [1.54, 1.807) is 24.5 Å². The van der Waals surface area contributed by atoms with Gasteiger partial charge in [-0.1, -0.05) is 65.8 Å². The van der Waals surface area contributed by atoms with Crippen molar-refractivity contribution < 1.29 is 4.79 Å². The molecular formula is C22H18ClN5OS. The Morgan fingerprint density at radius 1 is 0.967 bits per heavy atom. The number of hydrogen-bond acceptors (Lipinski definition) is 5. The van der Waals surface area contributed by atoms with E-state index in [0.717, 1.165) is 17.0 Å². The molecule has 150 valence electrons. The number of anilines is 1. The first-order chi connectivity index (χ1) is 14.7. The van der Waals surface area contributed by atoms with Crippen molar-refractivity contribution in [3.8, 4) is 11.4 Å². The summed E-state index contributed by atoms with van der Waals surface area (Å²) in [6, 6.07) is 21.0. The molecule has 0 radical (unpaired) electrons. The van der Waals surface area contributed by atoms with Gasteiger partial charge in [-0.15, -0.1) is 10.2 Å². The van der Waals surface area contributed by atoms with Gasteiger partial charge in [0.1, 0.15) is 0 Å². The summed E-state index contributed by atoms with van der Waals surface area (Å²) in [4.78, 5) is 16.5. The Bertz CT molecular complexity index is 1130. The van der Waals surface area contributed by atoms with E-state index in [-0.39, 0.29) is 11.7 Å². The summed E-state index contributed by atoms with van der Waals surface area (Å²) in [6.07, 6.45) is 3.45. The van der Waals surface area contributed by atoms with Crippen LogP contribution in [0, 0.1) is 0 Å². The van der Waals surface area contributed by atoms with E-state index in [1.165, 1.54) is 11.8 Å². The number of nitrogens with one attached hydrogen (secondary N) is 1. The van der Waals surface area contributed by atoms with E-state index in [4.69, 9.17) is 11.6 Å². The summed E-state index contributed by atoms with van der Waals surface area (Å²) in [5.74, 6) is 0.761. The molecule has 0 aliphatic heterocycles. The van der Waals surface area contributed by atoms with Gasteiger partial charge in [-0.05, 0) is 29.8 Å². The third kappa shape index (κ3) is 4.87. The summed E-state index contributed by atoms with van der Waals surface area (Å²) < 4.78 is 2.01. The van der Waals surface area contributed by atoms with E-state index in [9.17, 15) is 4.79 Å². The normalized spacial score (nSPS) is 10.7. The van der Waals surface area contributed by atoms with Gasteiger partial charge in [0.25, 0.3) is 0 Å². The molecule has 2 heterocycles. The highest BCUT2D eigenvalue weighted by atomic mass is 35.5. The maximum Gasteiger partial charge on any atom is 0.234 e. The molecule has 1 N–H and O–H groups in total. The maximum atomic E-state index is 12.4. The van der Waals surface area contributed by atoms with Crippen LogP contribution >= 0.6 is 23.4 Å². The molecule has 6 nitrogen and oxygen atoms in total. The van der Waals surface area contributed by atoms with Gasteiger partial charge in [-0.3, -0.25) is 14.3 Å². The predicted octanol–water partition coefficient (Wildman–Crippen LogP) is 4.77. The number of carbonyl (C=O) groups excluding carboxylic acids is 1. The van der Waals surface area contributed by atoms with Crippen molar-refractivity contribution in [1.29, 1.82) is 0 Å². The van der Waals surface area contributed by atoms with Crippen LogP contribution in [-0.4, -0.2) is 31.4 Å². The van der Waals surface area contributed by atoms with Crippen molar-refractivity contribution in [2.75, 3.05) is 11.1 Å². The third-order valence-electron chi connectivity index (χ3n) is 4.32. The number of benzene rings is 2. The quantitative estimate of drug-likeness (QED) is 0.423.